The van der Waals surface area contributed by atoms with Crippen LogP contribution < -0.4 is 19.5 Å². The monoisotopic (exact) mass is 285 g/mol. The lowest BCUT2D eigenvalue weighted by atomic mass is 10.0. The predicted octanol–water partition coefficient (Wildman–Crippen LogP) is 3.99. The number of fused-ring (bicyclic) bond motifs is 1. The molecule has 1 aliphatic heterocycles. The molecule has 0 fully saturated rings. The number of benzene rings is 2. The SMILES string of the molecule is CCC(Nc1ccc2c(c1)OCO2)c1ccc(OC)cc1. The highest BCUT2D eigenvalue weighted by Crippen LogP contribution is 2.35. The van der Waals surface area contributed by atoms with E-state index in [-0.39, 0.29) is 6.04 Å². The molecule has 4 nitrogen and oxygen atoms in total. The molecule has 0 aromatic heterocycles. The third-order valence-corrected chi connectivity index (χ3v) is 3.64. The molecule has 1 N–H and O–H groups in total. The molecule has 0 saturated heterocycles. The molecule has 4 heteroatoms. The normalized spacial score (nSPS) is 13.8. The van der Waals surface area contributed by atoms with Crippen molar-refractivity contribution in [3.05, 3.63) is 48.0 Å². The van der Waals surface area contributed by atoms with Gasteiger partial charge in [0.2, 0.25) is 6.79 Å². The van der Waals surface area contributed by atoms with Gasteiger partial charge in [0.15, 0.2) is 11.5 Å². The maximum Gasteiger partial charge on any atom is 0.231 e. The van der Waals surface area contributed by atoms with Crippen molar-refractivity contribution in [3.63, 3.8) is 0 Å². The lowest BCUT2D eigenvalue weighted by Crippen LogP contribution is -2.09. The van der Waals surface area contributed by atoms with E-state index in [9.17, 15) is 0 Å². The number of hydrogen-bond acceptors (Lipinski definition) is 4. The molecular weight excluding hydrogens is 266 g/mol. The van der Waals surface area contributed by atoms with Crippen molar-refractivity contribution in [2.45, 2.75) is 19.4 Å². The van der Waals surface area contributed by atoms with Crippen LogP contribution >= 0.6 is 0 Å². The van der Waals surface area contributed by atoms with E-state index >= 15 is 0 Å². The summed E-state index contributed by atoms with van der Waals surface area (Å²) in [7, 11) is 1.68. The van der Waals surface area contributed by atoms with Crippen molar-refractivity contribution in [1.29, 1.82) is 0 Å². The van der Waals surface area contributed by atoms with Crippen molar-refractivity contribution in [3.8, 4) is 17.2 Å². The summed E-state index contributed by atoms with van der Waals surface area (Å²) in [5.41, 5.74) is 2.26. The quantitative estimate of drug-likeness (QED) is 0.901. The van der Waals surface area contributed by atoms with Crippen molar-refractivity contribution in [1.82, 2.24) is 0 Å². The van der Waals surface area contributed by atoms with E-state index in [1.165, 1.54) is 5.56 Å². The molecule has 1 aliphatic rings. The van der Waals surface area contributed by atoms with Gasteiger partial charge >= 0.3 is 0 Å². The number of nitrogens with one attached hydrogen (secondary N) is 1. The van der Waals surface area contributed by atoms with Crippen LogP contribution in [0.2, 0.25) is 0 Å². The Morgan fingerprint density at radius 2 is 1.86 bits per heavy atom. The summed E-state index contributed by atoms with van der Waals surface area (Å²) in [6.45, 7) is 2.46. The standard InChI is InChI=1S/C17H19NO3/c1-3-15(12-4-7-14(19-2)8-5-12)18-13-6-9-16-17(10-13)21-11-20-16/h4-10,15,18H,3,11H2,1-2H3. The highest BCUT2D eigenvalue weighted by Gasteiger charge is 2.15. The molecule has 2 aromatic carbocycles. The number of ether oxygens (including phenoxy) is 3. The molecule has 3 rings (SSSR count). The van der Waals surface area contributed by atoms with E-state index < -0.39 is 0 Å². The molecule has 1 heterocycles. The van der Waals surface area contributed by atoms with E-state index in [1.54, 1.807) is 7.11 Å². The summed E-state index contributed by atoms with van der Waals surface area (Å²) in [5, 5.41) is 3.54. The van der Waals surface area contributed by atoms with Crippen molar-refractivity contribution < 1.29 is 14.2 Å². The van der Waals surface area contributed by atoms with Crippen LogP contribution in [0.15, 0.2) is 42.5 Å². The molecule has 0 amide bonds. The Balaban J connectivity index is 1.77. The van der Waals surface area contributed by atoms with E-state index in [4.69, 9.17) is 14.2 Å². The Bertz CT molecular complexity index is 610. The molecule has 0 aliphatic carbocycles. The molecule has 0 radical (unpaired) electrons. The lowest BCUT2D eigenvalue weighted by molar-refractivity contribution is 0.174. The van der Waals surface area contributed by atoms with Crippen LogP contribution in [-0.2, 0) is 0 Å². The van der Waals surface area contributed by atoms with Crippen molar-refractivity contribution in [2.24, 2.45) is 0 Å². The molecule has 21 heavy (non-hydrogen) atoms. The molecule has 0 spiro atoms. The molecule has 0 bridgehead atoms. The number of rotatable bonds is 5. The summed E-state index contributed by atoms with van der Waals surface area (Å²) >= 11 is 0. The van der Waals surface area contributed by atoms with Gasteiger partial charge < -0.3 is 19.5 Å². The first-order valence-corrected chi connectivity index (χ1v) is 7.10. The van der Waals surface area contributed by atoms with Crippen LogP contribution in [-0.4, -0.2) is 13.9 Å². The van der Waals surface area contributed by atoms with Gasteiger partial charge in [0.05, 0.1) is 13.2 Å². The Hall–Kier alpha value is -2.36. The maximum absolute atomic E-state index is 5.41. The summed E-state index contributed by atoms with van der Waals surface area (Å²) < 4.78 is 15.9. The average molecular weight is 285 g/mol. The van der Waals surface area contributed by atoms with Gasteiger partial charge in [0.25, 0.3) is 0 Å². The number of hydrogen-bond donors (Lipinski definition) is 1. The fourth-order valence-corrected chi connectivity index (χ4v) is 2.44. The molecular formula is C17H19NO3. The van der Waals surface area contributed by atoms with Crippen molar-refractivity contribution >= 4 is 5.69 Å². The zero-order valence-electron chi connectivity index (χ0n) is 12.3. The molecule has 110 valence electrons. The third kappa shape index (κ3) is 2.89. The van der Waals surface area contributed by atoms with Crippen molar-refractivity contribution in [2.75, 3.05) is 19.2 Å². The second-order valence-electron chi connectivity index (χ2n) is 4.95. The van der Waals surface area contributed by atoms with Crippen LogP contribution in [0.3, 0.4) is 0 Å². The fourth-order valence-electron chi connectivity index (χ4n) is 2.44. The Kier molecular flexibility index (Phi) is 3.86. The van der Waals surface area contributed by atoms with Gasteiger partial charge in [-0.05, 0) is 36.2 Å². The van der Waals surface area contributed by atoms with Crippen LogP contribution in [0.5, 0.6) is 17.2 Å². The largest absolute Gasteiger partial charge is 0.497 e. The van der Waals surface area contributed by atoms with E-state index in [0.717, 1.165) is 29.4 Å². The zero-order chi connectivity index (χ0) is 14.7. The highest BCUT2D eigenvalue weighted by atomic mass is 16.7. The minimum atomic E-state index is 0.247. The zero-order valence-corrected chi connectivity index (χ0v) is 12.3. The average Bonchev–Trinajstić information content (AvgIpc) is 3.00. The number of anilines is 1. The first-order chi connectivity index (χ1) is 10.3. The van der Waals surface area contributed by atoms with Gasteiger partial charge in [-0.2, -0.15) is 0 Å². The minimum absolute atomic E-state index is 0.247. The van der Waals surface area contributed by atoms with Crippen LogP contribution in [0, 0.1) is 0 Å². The van der Waals surface area contributed by atoms with Gasteiger partial charge in [-0.1, -0.05) is 19.1 Å². The topological polar surface area (TPSA) is 39.7 Å². The second-order valence-corrected chi connectivity index (χ2v) is 4.95. The second kappa shape index (κ2) is 5.95. The maximum atomic E-state index is 5.41. The summed E-state index contributed by atoms with van der Waals surface area (Å²) in [4.78, 5) is 0. The third-order valence-electron chi connectivity index (χ3n) is 3.64. The van der Waals surface area contributed by atoms with Crippen LogP contribution in [0.1, 0.15) is 24.9 Å². The predicted molar refractivity (Wildman–Crippen MR) is 82.2 cm³/mol. The molecule has 1 unspecified atom stereocenters. The molecule has 0 saturated carbocycles. The van der Waals surface area contributed by atoms with Gasteiger partial charge in [-0.25, -0.2) is 0 Å². The van der Waals surface area contributed by atoms with Gasteiger partial charge in [-0.3, -0.25) is 0 Å². The van der Waals surface area contributed by atoms with E-state index in [1.807, 2.05) is 30.3 Å². The van der Waals surface area contributed by atoms with Crippen LogP contribution in [0.25, 0.3) is 0 Å². The minimum Gasteiger partial charge on any atom is -0.497 e. The van der Waals surface area contributed by atoms with Gasteiger partial charge in [-0.15, -0.1) is 0 Å². The first-order valence-electron chi connectivity index (χ1n) is 7.10. The smallest absolute Gasteiger partial charge is 0.231 e. The van der Waals surface area contributed by atoms with Crippen LogP contribution in [0.4, 0.5) is 5.69 Å². The van der Waals surface area contributed by atoms with Gasteiger partial charge in [0.1, 0.15) is 5.75 Å². The Morgan fingerprint density at radius 1 is 1.10 bits per heavy atom. The summed E-state index contributed by atoms with van der Waals surface area (Å²) in [6, 6.07) is 14.3. The lowest BCUT2D eigenvalue weighted by Gasteiger charge is -2.19. The van der Waals surface area contributed by atoms with E-state index in [2.05, 4.69) is 24.4 Å². The molecule has 2 aromatic rings. The first kappa shape index (κ1) is 13.6. The van der Waals surface area contributed by atoms with Gasteiger partial charge in [0, 0.05) is 11.8 Å². The molecule has 1 atom stereocenters. The highest BCUT2D eigenvalue weighted by molar-refractivity contribution is 5.56. The summed E-state index contributed by atoms with van der Waals surface area (Å²) in [5.74, 6) is 2.47. The van der Waals surface area contributed by atoms with E-state index in [0.29, 0.717) is 6.79 Å². The number of methoxy groups -OCH3 is 1. The Labute approximate surface area is 124 Å². The summed E-state index contributed by atoms with van der Waals surface area (Å²) in [6.07, 6.45) is 0.987. The fraction of sp³-hybridized carbons (Fsp3) is 0.294. The Morgan fingerprint density at radius 3 is 2.57 bits per heavy atom.